The second-order valence-electron chi connectivity index (χ2n) is 6.60. The Kier molecular flexibility index (Phi) is 6.61. The van der Waals surface area contributed by atoms with Gasteiger partial charge in [-0.3, -0.25) is 9.52 Å². The van der Waals surface area contributed by atoms with E-state index in [-0.39, 0.29) is 16.6 Å². The number of anilines is 2. The first-order valence-corrected chi connectivity index (χ1v) is 11.5. The van der Waals surface area contributed by atoms with Gasteiger partial charge in [0.25, 0.3) is 10.0 Å². The number of amides is 1. The van der Waals surface area contributed by atoms with E-state index >= 15 is 0 Å². The van der Waals surface area contributed by atoms with Gasteiger partial charge in [-0.05, 0) is 55.8 Å². The van der Waals surface area contributed by atoms with Gasteiger partial charge in [0.05, 0.1) is 16.3 Å². The van der Waals surface area contributed by atoms with E-state index in [1.165, 1.54) is 29.5 Å². The lowest BCUT2D eigenvalue weighted by Crippen LogP contribution is -2.16. The fraction of sp³-hybridized carbons (Fsp3) is 0.136. The van der Waals surface area contributed by atoms with E-state index < -0.39 is 10.0 Å². The number of thioether (sulfide) groups is 1. The Bertz CT molecular complexity index is 1100. The van der Waals surface area contributed by atoms with E-state index in [4.69, 9.17) is 0 Å². The second kappa shape index (κ2) is 9.15. The highest BCUT2D eigenvalue weighted by atomic mass is 32.2. The first-order chi connectivity index (χ1) is 13.8. The first-order valence-electron chi connectivity index (χ1n) is 9.01. The van der Waals surface area contributed by atoms with Crippen LogP contribution in [0, 0.1) is 13.8 Å². The van der Waals surface area contributed by atoms with Crippen molar-refractivity contribution in [2.24, 2.45) is 0 Å². The van der Waals surface area contributed by atoms with Crippen molar-refractivity contribution in [2.75, 3.05) is 15.8 Å². The maximum Gasteiger partial charge on any atom is 0.261 e. The van der Waals surface area contributed by atoms with E-state index in [1.54, 1.807) is 36.4 Å². The molecule has 0 spiro atoms. The highest BCUT2D eigenvalue weighted by Gasteiger charge is 2.15. The van der Waals surface area contributed by atoms with Crippen LogP contribution >= 0.6 is 11.8 Å². The lowest BCUT2D eigenvalue weighted by atomic mass is 10.2. The summed E-state index contributed by atoms with van der Waals surface area (Å²) in [5, 5.41) is 2.82. The normalized spacial score (nSPS) is 11.1. The largest absolute Gasteiger partial charge is 0.325 e. The molecule has 3 aromatic carbocycles. The van der Waals surface area contributed by atoms with Crippen LogP contribution < -0.4 is 10.0 Å². The van der Waals surface area contributed by atoms with Crippen molar-refractivity contribution in [3.8, 4) is 0 Å². The maximum atomic E-state index is 12.6. The van der Waals surface area contributed by atoms with Crippen LogP contribution in [-0.4, -0.2) is 20.1 Å². The van der Waals surface area contributed by atoms with Crippen LogP contribution in [0.3, 0.4) is 0 Å². The van der Waals surface area contributed by atoms with E-state index in [9.17, 15) is 13.2 Å². The lowest BCUT2D eigenvalue weighted by molar-refractivity contribution is -0.113. The van der Waals surface area contributed by atoms with E-state index in [0.29, 0.717) is 11.4 Å². The molecule has 0 aliphatic heterocycles. The third-order valence-corrected chi connectivity index (χ3v) is 6.60. The molecular formula is C22H22N2O3S2. The minimum atomic E-state index is -3.70. The smallest absolute Gasteiger partial charge is 0.261 e. The van der Waals surface area contributed by atoms with Crippen LogP contribution in [-0.2, 0) is 14.8 Å². The third kappa shape index (κ3) is 5.85. The molecule has 0 heterocycles. The number of carbonyl (C=O) groups excluding carboxylic acids is 1. The molecule has 0 aliphatic carbocycles. The Hall–Kier alpha value is -2.77. The molecule has 0 bridgehead atoms. The van der Waals surface area contributed by atoms with Gasteiger partial charge in [0.2, 0.25) is 5.91 Å². The summed E-state index contributed by atoms with van der Waals surface area (Å²) in [6, 6.07) is 21.3. The molecule has 0 saturated carbocycles. The van der Waals surface area contributed by atoms with Crippen LogP contribution in [0.5, 0.6) is 0 Å². The van der Waals surface area contributed by atoms with E-state index in [1.807, 2.05) is 38.1 Å². The molecule has 5 nitrogen and oxygen atoms in total. The van der Waals surface area contributed by atoms with E-state index in [2.05, 4.69) is 10.0 Å². The molecule has 0 fully saturated rings. The standard InChI is InChI=1S/C22H22N2O3S2/c1-16-8-12-19(13-9-16)28-15-22(25)23-18-11-10-17(2)21(14-18)24-29(26,27)20-6-4-3-5-7-20/h3-14,24H,15H2,1-2H3,(H,23,25). The summed E-state index contributed by atoms with van der Waals surface area (Å²) in [6.45, 7) is 3.82. The van der Waals surface area contributed by atoms with Gasteiger partial charge in [0.15, 0.2) is 0 Å². The first kappa shape index (κ1) is 21.0. The molecule has 0 atom stereocenters. The molecule has 0 saturated heterocycles. The number of aryl methyl sites for hydroxylation is 2. The second-order valence-corrected chi connectivity index (χ2v) is 9.33. The molecule has 3 rings (SSSR count). The molecule has 3 aromatic rings. The van der Waals surface area contributed by atoms with Crippen molar-refractivity contribution < 1.29 is 13.2 Å². The fourth-order valence-electron chi connectivity index (χ4n) is 2.59. The summed E-state index contributed by atoms with van der Waals surface area (Å²) in [7, 11) is -3.70. The summed E-state index contributed by atoms with van der Waals surface area (Å²) in [6.07, 6.45) is 0. The summed E-state index contributed by atoms with van der Waals surface area (Å²) in [5.74, 6) is 0.110. The molecule has 0 unspecified atom stereocenters. The van der Waals surface area contributed by atoms with Crippen molar-refractivity contribution in [2.45, 2.75) is 23.6 Å². The lowest BCUT2D eigenvalue weighted by Gasteiger charge is -2.13. The highest BCUT2D eigenvalue weighted by Crippen LogP contribution is 2.24. The van der Waals surface area contributed by atoms with Crippen molar-refractivity contribution in [3.63, 3.8) is 0 Å². The minimum Gasteiger partial charge on any atom is -0.325 e. The molecular weight excluding hydrogens is 404 g/mol. The van der Waals surface area contributed by atoms with Crippen LogP contribution in [0.2, 0.25) is 0 Å². The van der Waals surface area contributed by atoms with Gasteiger partial charge in [-0.25, -0.2) is 8.42 Å². The van der Waals surface area contributed by atoms with Gasteiger partial charge in [0.1, 0.15) is 0 Å². The molecule has 0 aromatic heterocycles. The predicted molar refractivity (Wildman–Crippen MR) is 119 cm³/mol. The molecule has 1 amide bonds. The number of hydrogen-bond donors (Lipinski definition) is 2. The van der Waals surface area contributed by atoms with Crippen LogP contribution in [0.1, 0.15) is 11.1 Å². The quantitative estimate of drug-likeness (QED) is 0.531. The highest BCUT2D eigenvalue weighted by molar-refractivity contribution is 8.00. The van der Waals surface area contributed by atoms with Gasteiger partial charge in [-0.15, -0.1) is 11.8 Å². The minimum absolute atomic E-state index is 0.156. The average Bonchev–Trinajstić information content (AvgIpc) is 2.70. The summed E-state index contributed by atoms with van der Waals surface area (Å²) >= 11 is 1.45. The average molecular weight is 427 g/mol. The Morgan fingerprint density at radius 1 is 0.931 bits per heavy atom. The molecule has 0 radical (unpaired) electrons. The summed E-state index contributed by atoms with van der Waals surface area (Å²) < 4.78 is 27.7. The van der Waals surface area contributed by atoms with Crippen molar-refractivity contribution in [1.29, 1.82) is 0 Å². The van der Waals surface area contributed by atoms with Gasteiger partial charge in [0, 0.05) is 10.6 Å². The molecule has 0 aliphatic rings. The monoisotopic (exact) mass is 426 g/mol. The Balaban J connectivity index is 1.67. The number of sulfonamides is 1. The van der Waals surface area contributed by atoms with E-state index in [0.717, 1.165) is 10.5 Å². The molecule has 7 heteroatoms. The summed E-state index contributed by atoms with van der Waals surface area (Å²) in [5.41, 5.74) is 2.90. The number of rotatable bonds is 7. The third-order valence-electron chi connectivity index (χ3n) is 4.21. The number of nitrogens with one attached hydrogen (secondary N) is 2. The van der Waals surface area contributed by atoms with Gasteiger partial charge < -0.3 is 5.32 Å². The van der Waals surface area contributed by atoms with Crippen LogP contribution in [0.15, 0.2) is 82.6 Å². The van der Waals surface area contributed by atoms with Crippen molar-refractivity contribution in [1.82, 2.24) is 0 Å². The van der Waals surface area contributed by atoms with Crippen LogP contribution in [0.4, 0.5) is 11.4 Å². The number of hydrogen-bond acceptors (Lipinski definition) is 4. The van der Waals surface area contributed by atoms with Crippen LogP contribution in [0.25, 0.3) is 0 Å². The topological polar surface area (TPSA) is 75.3 Å². The molecule has 2 N–H and O–H groups in total. The van der Waals surface area contributed by atoms with Crippen molar-refractivity contribution >= 4 is 39.1 Å². The zero-order valence-corrected chi connectivity index (χ0v) is 17.8. The Morgan fingerprint density at radius 2 is 1.62 bits per heavy atom. The fourth-order valence-corrected chi connectivity index (χ4v) is 4.43. The zero-order valence-electron chi connectivity index (χ0n) is 16.2. The van der Waals surface area contributed by atoms with Gasteiger partial charge in [-0.2, -0.15) is 0 Å². The van der Waals surface area contributed by atoms with Gasteiger partial charge >= 0.3 is 0 Å². The van der Waals surface area contributed by atoms with Gasteiger partial charge in [-0.1, -0.05) is 42.0 Å². The SMILES string of the molecule is Cc1ccc(SCC(=O)Nc2ccc(C)c(NS(=O)(=O)c3ccccc3)c2)cc1. The maximum absolute atomic E-state index is 12.6. The molecule has 29 heavy (non-hydrogen) atoms. The summed E-state index contributed by atoms with van der Waals surface area (Å²) in [4.78, 5) is 13.5. The Morgan fingerprint density at radius 3 is 2.31 bits per heavy atom. The Labute approximate surface area is 175 Å². The van der Waals surface area contributed by atoms with Crippen molar-refractivity contribution in [3.05, 3.63) is 83.9 Å². The predicted octanol–water partition coefficient (Wildman–Crippen LogP) is 4.84. The zero-order chi connectivity index (χ0) is 20.9. The number of carbonyl (C=O) groups is 1. The molecule has 150 valence electrons. The number of benzene rings is 3.